The van der Waals surface area contributed by atoms with Crippen molar-refractivity contribution < 1.29 is 4.79 Å². The van der Waals surface area contributed by atoms with E-state index in [-0.39, 0.29) is 5.78 Å². The summed E-state index contributed by atoms with van der Waals surface area (Å²) in [5, 5.41) is 3.23. The second kappa shape index (κ2) is 6.18. The number of benzene rings is 2. The summed E-state index contributed by atoms with van der Waals surface area (Å²) in [6, 6.07) is 19.0. The van der Waals surface area contributed by atoms with Crippen LogP contribution in [0.1, 0.15) is 17.3 Å². The first-order chi connectivity index (χ1) is 10.7. The van der Waals surface area contributed by atoms with Gasteiger partial charge in [0.1, 0.15) is 5.82 Å². The molecule has 0 fully saturated rings. The number of hydrogen-bond acceptors (Lipinski definition) is 4. The van der Waals surface area contributed by atoms with Crippen LogP contribution in [0.25, 0.3) is 11.4 Å². The highest BCUT2D eigenvalue weighted by atomic mass is 16.1. The zero-order valence-corrected chi connectivity index (χ0v) is 12.2. The van der Waals surface area contributed by atoms with Crippen LogP contribution in [0.2, 0.25) is 0 Å². The van der Waals surface area contributed by atoms with E-state index >= 15 is 0 Å². The summed E-state index contributed by atoms with van der Waals surface area (Å²) in [5.74, 6) is 1.33. The quantitative estimate of drug-likeness (QED) is 0.735. The molecule has 0 aliphatic heterocycles. The molecule has 0 saturated heterocycles. The van der Waals surface area contributed by atoms with Crippen molar-refractivity contribution in [1.82, 2.24) is 9.97 Å². The lowest BCUT2D eigenvalue weighted by Gasteiger charge is -2.07. The number of carbonyl (C=O) groups is 1. The van der Waals surface area contributed by atoms with E-state index in [0.717, 1.165) is 11.3 Å². The van der Waals surface area contributed by atoms with Crippen LogP contribution in [-0.2, 0) is 0 Å². The molecule has 3 rings (SSSR count). The molecule has 4 heteroatoms. The fourth-order valence-electron chi connectivity index (χ4n) is 2.11. The molecule has 0 atom stereocenters. The number of aromatic nitrogens is 2. The summed E-state index contributed by atoms with van der Waals surface area (Å²) in [6.07, 6.45) is 1.70. The maximum Gasteiger partial charge on any atom is 0.161 e. The molecule has 1 aromatic heterocycles. The molecule has 0 radical (unpaired) electrons. The molecule has 3 aromatic rings. The Hall–Kier alpha value is -3.01. The summed E-state index contributed by atoms with van der Waals surface area (Å²) < 4.78 is 0. The second-order valence-electron chi connectivity index (χ2n) is 4.89. The molecule has 0 spiro atoms. The normalized spacial score (nSPS) is 10.2. The monoisotopic (exact) mass is 289 g/mol. The molecule has 108 valence electrons. The van der Waals surface area contributed by atoms with Crippen molar-refractivity contribution in [2.45, 2.75) is 6.92 Å². The summed E-state index contributed by atoms with van der Waals surface area (Å²) in [6.45, 7) is 1.55. The van der Waals surface area contributed by atoms with Crippen molar-refractivity contribution in [2.24, 2.45) is 0 Å². The molecule has 0 aliphatic rings. The van der Waals surface area contributed by atoms with Gasteiger partial charge in [0.15, 0.2) is 11.6 Å². The number of anilines is 2. The van der Waals surface area contributed by atoms with Crippen LogP contribution in [0, 0.1) is 0 Å². The fraction of sp³-hybridized carbons (Fsp3) is 0.0556. The number of ketones is 1. The first-order valence-electron chi connectivity index (χ1n) is 6.99. The van der Waals surface area contributed by atoms with Crippen LogP contribution >= 0.6 is 0 Å². The Labute approximate surface area is 128 Å². The number of rotatable bonds is 4. The third-order valence-corrected chi connectivity index (χ3v) is 3.23. The van der Waals surface area contributed by atoms with E-state index in [0.29, 0.717) is 17.2 Å². The van der Waals surface area contributed by atoms with E-state index in [4.69, 9.17) is 0 Å². The number of para-hydroxylation sites is 1. The Balaban J connectivity index is 1.91. The lowest BCUT2D eigenvalue weighted by molar-refractivity contribution is 0.101. The van der Waals surface area contributed by atoms with E-state index in [1.807, 2.05) is 54.6 Å². The highest BCUT2D eigenvalue weighted by molar-refractivity contribution is 5.95. The fourth-order valence-corrected chi connectivity index (χ4v) is 2.11. The smallest absolute Gasteiger partial charge is 0.161 e. The Bertz CT molecular complexity index is 800. The Morgan fingerprint density at radius 2 is 1.82 bits per heavy atom. The average Bonchev–Trinajstić information content (AvgIpc) is 2.56. The van der Waals surface area contributed by atoms with Crippen molar-refractivity contribution in [2.75, 3.05) is 5.32 Å². The minimum absolute atomic E-state index is 0.0282. The zero-order chi connectivity index (χ0) is 15.4. The predicted molar refractivity (Wildman–Crippen MR) is 87.2 cm³/mol. The predicted octanol–water partition coefficient (Wildman–Crippen LogP) is 4.09. The van der Waals surface area contributed by atoms with Crippen LogP contribution < -0.4 is 5.32 Å². The topological polar surface area (TPSA) is 54.9 Å². The van der Waals surface area contributed by atoms with Gasteiger partial charge in [0.2, 0.25) is 0 Å². The molecule has 0 bridgehead atoms. The van der Waals surface area contributed by atoms with Crippen LogP contribution in [0.4, 0.5) is 11.5 Å². The van der Waals surface area contributed by atoms with Gasteiger partial charge in [0, 0.05) is 23.0 Å². The molecule has 1 N–H and O–H groups in total. The zero-order valence-electron chi connectivity index (χ0n) is 12.2. The maximum atomic E-state index is 11.5. The molecule has 0 aliphatic carbocycles. The lowest BCUT2D eigenvalue weighted by atomic mass is 10.1. The molecule has 2 aromatic carbocycles. The van der Waals surface area contributed by atoms with Gasteiger partial charge < -0.3 is 5.32 Å². The maximum absolute atomic E-state index is 11.5. The third-order valence-electron chi connectivity index (χ3n) is 3.23. The van der Waals surface area contributed by atoms with E-state index < -0.39 is 0 Å². The lowest BCUT2D eigenvalue weighted by Crippen LogP contribution is -1.98. The minimum Gasteiger partial charge on any atom is -0.340 e. The highest BCUT2D eigenvalue weighted by Gasteiger charge is 2.06. The summed E-state index contributed by atoms with van der Waals surface area (Å²) in [7, 11) is 0. The van der Waals surface area contributed by atoms with Crippen molar-refractivity contribution >= 4 is 17.3 Å². The number of hydrogen-bond donors (Lipinski definition) is 1. The molecule has 0 amide bonds. The summed E-state index contributed by atoms with van der Waals surface area (Å²) in [5.41, 5.74) is 2.44. The van der Waals surface area contributed by atoms with Gasteiger partial charge in [-0.3, -0.25) is 4.79 Å². The Kier molecular flexibility index (Phi) is 3.92. The first-order valence-corrected chi connectivity index (χ1v) is 6.99. The standard InChI is InChI=1S/C18H15N3O/c1-13(22)14-6-5-7-15(12-14)18-19-11-10-17(21-18)20-16-8-3-2-4-9-16/h2-12H,1H3,(H,19,20,21). The largest absolute Gasteiger partial charge is 0.340 e. The molecule has 22 heavy (non-hydrogen) atoms. The van der Waals surface area contributed by atoms with E-state index in [2.05, 4.69) is 15.3 Å². The Morgan fingerprint density at radius 1 is 1.00 bits per heavy atom. The first kappa shape index (κ1) is 13.9. The van der Waals surface area contributed by atoms with Crippen molar-refractivity contribution in [1.29, 1.82) is 0 Å². The number of nitrogens with zero attached hydrogens (tertiary/aromatic N) is 2. The van der Waals surface area contributed by atoms with Gasteiger partial charge >= 0.3 is 0 Å². The van der Waals surface area contributed by atoms with E-state index in [1.165, 1.54) is 0 Å². The van der Waals surface area contributed by atoms with Crippen molar-refractivity contribution in [3.8, 4) is 11.4 Å². The Morgan fingerprint density at radius 3 is 2.59 bits per heavy atom. The summed E-state index contributed by atoms with van der Waals surface area (Å²) in [4.78, 5) is 20.3. The SMILES string of the molecule is CC(=O)c1cccc(-c2nccc(Nc3ccccc3)n2)c1. The van der Waals surface area contributed by atoms with Gasteiger partial charge in [0.25, 0.3) is 0 Å². The van der Waals surface area contributed by atoms with Gasteiger partial charge in [-0.2, -0.15) is 0 Å². The molecule has 0 saturated carbocycles. The number of carbonyl (C=O) groups excluding carboxylic acids is 1. The van der Waals surface area contributed by atoms with Gasteiger partial charge in [0.05, 0.1) is 0 Å². The van der Waals surface area contributed by atoms with E-state index in [1.54, 1.807) is 19.2 Å². The van der Waals surface area contributed by atoms with Crippen LogP contribution in [0.3, 0.4) is 0 Å². The molecule has 1 heterocycles. The number of nitrogens with one attached hydrogen (secondary N) is 1. The molecule has 4 nitrogen and oxygen atoms in total. The molecule has 0 unspecified atom stereocenters. The second-order valence-corrected chi connectivity index (χ2v) is 4.89. The minimum atomic E-state index is 0.0282. The van der Waals surface area contributed by atoms with Crippen LogP contribution in [0.5, 0.6) is 0 Å². The molecular weight excluding hydrogens is 274 g/mol. The highest BCUT2D eigenvalue weighted by Crippen LogP contribution is 2.20. The van der Waals surface area contributed by atoms with Gasteiger partial charge in [-0.25, -0.2) is 9.97 Å². The average molecular weight is 289 g/mol. The van der Waals surface area contributed by atoms with Gasteiger partial charge in [-0.15, -0.1) is 0 Å². The van der Waals surface area contributed by atoms with Crippen molar-refractivity contribution in [3.63, 3.8) is 0 Å². The summed E-state index contributed by atoms with van der Waals surface area (Å²) >= 11 is 0. The number of Topliss-reactive ketones (excluding diaryl/α,β-unsaturated/α-hetero) is 1. The van der Waals surface area contributed by atoms with E-state index in [9.17, 15) is 4.79 Å². The van der Waals surface area contributed by atoms with Crippen LogP contribution in [0.15, 0.2) is 66.9 Å². The third kappa shape index (κ3) is 3.17. The van der Waals surface area contributed by atoms with Crippen molar-refractivity contribution in [3.05, 3.63) is 72.4 Å². The van der Waals surface area contributed by atoms with Crippen LogP contribution in [-0.4, -0.2) is 15.8 Å². The van der Waals surface area contributed by atoms with Gasteiger partial charge in [-0.05, 0) is 31.2 Å². The molecular formula is C18H15N3O. The van der Waals surface area contributed by atoms with Gasteiger partial charge in [-0.1, -0.05) is 36.4 Å².